The molecule has 0 aromatic rings. The minimum atomic E-state index is -0.288. The van der Waals surface area contributed by atoms with Crippen LogP contribution in [0.15, 0.2) is 0 Å². The van der Waals surface area contributed by atoms with Gasteiger partial charge in [0, 0.05) is 24.6 Å². The monoisotopic (exact) mass is 316 g/mol. The van der Waals surface area contributed by atoms with Gasteiger partial charge in [0.05, 0.1) is 23.3 Å². The maximum Gasteiger partial charge on any atom is 0.246 e. The predicted octanol–water partition coefficient (Wildman–Crippen LogP) is 0.641. The maximum absolute atomic E-state index is 12.7. The summed E-state index contributed by atoms with van der Waals surface area (Å²) >= 11 is 3.41. The fraction of sp³-hybridized carbons (Fsp3) is 0.846. The number of nitrogens with zero attached hydrogens (tertiary/aromatic N) is 2. The molecule has 20 heavy (non-hydrogen) atoms. The number of rotatable bonds is 1. The fourth-order valence-electron chi connectivity index (χ4n) is 3.09. The van der Waals surface area contributed by atoms with Crippen LogP contribution in [0.3, 0.4) is 0 Å². The Hall–Kier alpha value is -0.400. The summed E-state index contributed by atoms with van der Waals surface area (Å²) in [5.41, 5.74) is 0. The van der Waals surface area contributed by atoms with Crippen LogP contribution in [0, 0.1) is 0 Å². The standard InChI is InChI=1S/C13H20N2O3S2/c1-9-5-14(3-4-18-9)12(17)10-6-20-13(2)8-19-7-11(16)15(10)13/h9-10H,3-8H2,1-2H3. The third kappa shape index (κ3) is 2.44. The molecule has 0 saturated carbocycles. The molecule has 0 spiro atoms. The highest BCUT2D eigenvalue weighted by molar-refractivity contribution is 8.04. The lowest BCUT2D eigenvalue weighted by atomic mass is 10.1. The first kappa shape index (κ1) is 14.5. The van der Waals surface area contributed by atoms with Crippen LogP contribution in [-0.2, 0) is 14.3 Å². The van der Waals surface area contributed by atoms with E-state index in [9.17, 15) is 9.59 Å². The first-order chi connectivity index (χ1) is 9.51. The van der Waals surface area contributed by atoms with Gasteiger partial charge in [0.2, 0.25) is 11.8 Å². The average Bonchev–Trinajstić information content (AvgIpc) is 2.77. The lowest BCUT2D eigenvalue weighted by molar-refractivity contribution is -0.149. The molecule has 3 heterocycles. The van der Waals surface area contributed by atoms with Crippen molar-refractivity contribution in [2.45, 2.75) is 30.9 Å². The molecule has 3 unspecified atom stereocenters. The second kappa shape index (κ2) is 5.42. The van der Waals surface area contributed by atoms with Crippen LogP contribution in [0.2, 0.25) is 0 Å². The molecule has 0 aromatic carbocycles. The SMILES string of the molecule is CC1CN(C(=O)C2CSC3(C)CSCC(=O)N23)CCO1. The van der Waals surface area contributed by atoms with Crippen LogP contribution in [0.4, 0.5) is 0 Å². The van der Waals surface area contributed by atoms with Crippen LogP contribution < -0.4 is 0 Å². The number of hydrogen-bond donors (Lipinski definition) is 0. The summed E-state index contributed by atoms with van der Waals surface area (Å²) in [6.07, 6.45) is 0.0840. The van der Waals surface area contributed by atoms with E-state index in [-0.39, 0.29) is 28.8 Å². The number of fused-ring (bicyclic) bond motifs is 1. The van der Waals surface area contributed by atoms with Gasteiger partial charge in [0.1, 0.15) is 6.04 Å². The minimum Gasteiger partial charge on any atom is -0.375 e. The Bertz CT molecular complexity index is 434. The summed E-state index contributed by atoms with van der Waals surface area (Å²) in [6, 6.07) is -0.288. The molecular formula is C13H20N2O3S2. The minimum absolute atomic E-state index is 0.0840. The Morgan fingerprint density at radius 3 is 3.05 bits per heavy atom. The van der Waals surface area contributed by atoms with E-state index in [1.165, 1.54) is 0 Å². The van der Waals surface area contributed by atoms with E-state index in [1.54, 1.807) is 23.5 Å². The lowest BCUT2D eigenvalue weighted by Crippen LogP contribution is -2.59. The predicted molar refractivity (Wildman–Crippen MR) is 80.8 cm³/mol. The van der Waals surface area contributed by atoms with Crippen molar-refractivity contribution >= 4 is 35.3 Å². The summed E-state index contributed by atoms with van der Waals surface area (Å²) in [5.74, 6) is 2.32. The molecule has 3 aliphatic heterocycles. The molecule has 3 atom stereocenters. The lowest BCUT2D eigenvalue weighted by Gasteiger charge is -2.42. The van der Waals surface area contributed by atoms with Crippen molar-refractivity contribution in [3.63, 3.8) is 0 Å². The van der Waals surface area contributed by atoms with Gasteiger partial charge in [0.25, 0.3) is 0 Å². The molecule has 0 aromatic heterocycles. The van der Waals surface area contributed by atoms with Gasteiger partial charge in [-0.15, -0.1) is 23.5 Å². The van der Waals surface area contributed by atoms with Gasteiger partial charge in [-0.1, -0.05) is 0 Å². The molecule has 3 rings (SSSR count). The van der Waals surface area contributed by atoms with Crippen LogP contribution >= 0.6 is 23.5 Å². The van der Waals surface area contributed by atoms with Crippen LogP contribution in [-0.4, -0.2) is 75.6 Å². The molecule has 0 bridgehead atoms. The van der Waals surface area contributed by atoms with E-state index >= 15 is 0 Å². The highest BCUT2D eigenvalue weighted by atomic mass is 32.2. The van der Waals surface area contributed by atoms with Gasteiger partial charge < -0.3 is 14.5 Å². The Balaban J connectivity index is 1.76. The van der Waals surface area contributed by atoms with E-state index in [0.29, 0.717) is 31.2 Å². The molecule has 3 saturated heterocycles. The van der Waals surface area contributed by atoms with Crippen molar-refractivity contribution in [3.8, 4) is 0 Å². The van der Waals surface area contributed by atoms with Gasteiger partial charge in [-0.2, -0.15) is 0 Å². The quantitative estimate of drug-likeness (QED) is 0.711. The topological polar surface area (TPSA) is 49.9 Å². The molecule has 2 amide bonds. The van der Waals surface area contributed by atoms with Crippen molar-refractivity contribution < 1.29 is 14.3 Å². The van der Waals surface area contributed by atoms with Crippen molar-refractivity contribution in [1.82, 2.24) is 9.80 Å². The number of amides is 2. The van der Waals surface area contributed by atoms with Gasteiger partial charge in [-0.05, 0) is 13.8 Å². The number of hydrogen-bond acceptors (Lipinski definition) is 5. The third-order valence-corrected chi connectivity index (χ3v) is 6.92. The summed E-state index contributed by atoms with van der Waals surface area (Å²) in [5, 5.41) is 0. The van der Waals surface area contributed by atoms with Gasteiger partial charge >= 0.3 is 0 Å². The number of ether oxygens (including phenoxy) is 1. The largest absolute Gasteiger partial charge is 0.375 e. The molecule has 0 aliphatic carbocycles. The molecule has 3 fully saturated rings. The Morgan fingerprint density at radius 2 is 2.30 bits per heavy atom. The summed E-state index contributed by atoms with van der Waals surface area (Å²) in [6.45, 7) is 5.92. The summed E-state index contributed by atoms with van der Waals surface area (Å²) in [4.78, 5) is 28.5. The Kier molecular flexibility index (Phi) is 3.94. The van der Waals surface area contributed by atoms with E-state index in [1.807, 2.05) is 16.7 Å². The molecule has 0 radical (unpaired) electrons. The summed E-state index contributed by atoms with van der Waals surface area (Å²) < 4.78 is 5.49. The first-order valence-corrected chi connectivity index (χ1v) is 9.09. The molecule has 0 N–H and O–H groups in total. The second-order valence-corrected chi connectivity index (χ2v) is 8.21. The van der Waals surface area contributed by atoms with Gasteiger partial charge in [-0.25, -0.2) is 0 Å². The maximum atomic E-state index is 12.7. The van der Waals surface area contributed by atoms with E-state index in [4.69, 9.17) is 4.74 Å². The fourth-order valence-corrected chi connectivity index (χ4v) is 5.78. The van der Waals surface area contributed by atoms with Gasteiger partial charge in [0.15, 0.2) is 0 Å². The molecule has 3 aliphatic rings. The van der Waals surface area contributed by atoms with Crippen molar-refractivity contribution in [2.24, 2.45) is 0 Å². The van der Waals surface area contributed by atoms with Crippen LogP contribution in [0.25, 0.3) is 0 Å². The van der Waals surface area contributed by atoms with Crippen molar-refractivity contribution in [2.75, 3.05) is 37.0 Å². The molecule has 7 heteroatoms. The average molecular weight is 316 g/mol. The smallest absolute Gasteiger partial charge is 0.246 e. The van der Waals surface area contributed by atoms with Crippen molar-refractivity contribution in [1.29, 1.82) is 0 Å². The zero-order valence-corrected chi connectivity index (χ0v) is 13.5. The van der Waals surface area contributed by atoms with E-state index < -0.39 is 0 Å². The zero-order valence-electron chi connectivity index (χ0n) is 11.8. The normalized spacial score (nSPS) is 38.0. The van der Waals surface area contributed by atoms with Crippen LogP contribution in [0.5, 0.6) is 0 Å². The highest BCUT2D eigenvalue weighted by Gasteiger charge is 2.52. The molecule has 5 nitrogen and oxygen atoms in total. The number of thioether (sulfide) groups is 2. The van der Waals surface area contributed by atoms with Crippen LogP contribution in [0.1, 0.15) is 13.8 Å². The molecule has 112 valence electrons. The van der Waals surface area contributed by atoms with E-state index in [0.717, 1.165) is 5.75 Å². The zero-order chi connectivity index (χ0) is 14.3. The van der Waals surface area contributed by atoms with Crippen molar-refractivity contribution in [3.05, 3.63) is 0 Å². The van der Waals surface area contributed by atoms with Gasteiger partial charge in [-0.3, -0.25) is 9.59 Å². The van der Waals surface area contributed by atoms with E-state index in [2.05, 4.69) is 6.92 Å². The Morgan fingerprint density at radius 1 is 1.50 bits per heavy atom. The molecular weight excluding hydrogens is 296 g/mol. The number of carbonyl (C=O) groups is 2. The highest BCUT2D eigenvalue weighted by Crippen LogP contribution is 2.44. The Labute approximate surface area is 127 Å². The third-order valence-electron chi connectivity index (χ3n) is 4.08. The second-order valence-electron chi connectivity index (χ2n) is 5.72. The number of carbonyl (C=O) groups excluding carboxylic acids is 2. The summed E-state index contributed by atoms with van der Waals surface area (Å²) in [7, 11) is 0. The number of morpholine rings is 1. The first-order valence-electron chi connectivity index (χ1n) is 6.95.